The van der Waals surface area contributed by atoms with Crippen LogP contribution in [0.15, 0.2) is 36.9 Å². The van der Waals surface area contributed by atoms with Crippen molar-refractivity contribution < 1.29 is 35.9 Å². The van der Waals surface area contributed by atoms with Crippen LogP contribution in [0, 0.1) is 12.7 Å². The second-order valence-corrected chi connectivity index (χ2v) is 9.77. The number of fused-ring (bicyclic) bond motifs is 1. The third kappa shape index (κ3) is 5.97. The third-order valence-electron chi connectivity index (χ3n) is 6.92. The Balaban J connectivity index is 1.41. The van der Waals surface area contributed by atoms with E-state index in [0.717, 1.165) is 18.5 Å². The fraction of sp³-hybridized carbons (Fsp3) is 0.346. The zero-order valence-electron chi connectivity index (χ0n) is 22.6. The minimum atomic E-state index is -4.93. The van der Waals surface area contributed by atoms with E-state index in [1.807, 2.05) is 0 Å². The number of benzene rings is 1. The lowest BCUT2D eigenvalue weighted by molar-refractivity contribution is -0.141. The molecule has 0 aliphatic carbocycles. The molecule has 3 N–H and O–H groups in total. The molecule has 0 bridgehead atoms. The van der Waals surface area contributed by atoms with Crippen LogP contribution in [-0.2, 0) is 17.5 Å². The van der Waals surface area contributed by atoms with Crippen LogP contribution < -0.4 is 11.1 Å². The Bertz CT molecular complexity index is 1650. The molecule has 4 heterocycles. The van der Waals surface area contributed by atoms with Crippen LogP contribution in [0.5, 0.6) is 0 Å². The monoisotopic (exact) mass is 609 g/mol. The number of aromatic nitrogens is 5. The standard InChI is InChI=1S/C26H25F6N9O2/c1-14-8-15(9-17(27)21(14)25(43)39-6-4-38(5-7-39)20(42)10-33)36-23-24-35-11-18(41(24)3-2-34-23)16-12-40(13-19(28)29)37-22(16)26(30,31)32/h2-3,8-9,11-12,19H,4-7,10,13,33H2,1H3,(H,34,36). The molecule has 0 unspecified atom stereocenters. The molecule has 1 aliphatic rings. The van der Waals surface area contributed by atoms with Crippen LogP contribution in [0.3, 0.4) is 0 Å². The molecule has 0 saturated carbocycles. The van der Waals surface area contributed by atoms with Gasteiger partial charge in [-0.1, -0.05) is 0 Å². The first-order valence-electron chi connectivity index (χ1n) is 13.0. The lowest BCUT2D eigenvalue weighted by atomic mass is 10.0. The van der Waals surface area contributed by atoms with Crippen molar-refractivity contribution in [1.29, 1.82) is 0 Å². The molecule has 2 amide bonds. The number of halogens is 6. The van der Waals surface area contributed by atoms with Crippen LogP contribution in [0.4, 0.5) is 37.8 Å². The molecule has 17 heteroatoms. The lowest BCUT2D eigenvalue weighted by Crippen LogP contribution is -2.52. The first kappa shape index (κ1) is 29.8. The SMILES string of the molecule is Cc1cc(Nc2nccn3c(-c4cn(CC(F)F)nc4C(F)(F)F)cnc23)cc(F)c1C(=O)N1CCN(C(=O)CN)CC1. The number of hydrogen-bond donors (Lipinski definition) is 2. The summed E-state index contributed by atoms with van der Waals surface area (Å²) in [4.78, 5) is 36.2. The number of rotatable bonds is 7. The molecule has 0 atom stereocenters. The highest BCUT2D eigenvalue weighted by molar-refractivity contribution is 5.96. The maximum atomic E-state index is 15.3. The van der Waals surface area contributed by atoms with Gasteiger partial charge in [0, 0.05) is 50.5 Å². The van der Waals surface area contributed by atoms with Crippen molar-refractivity contribution in [1.82, 2.24) is 33.9 Å². The van der Waals surface area contributed by atoms with Crippen molar-refractivity contribution in [3.8, 4) is 11.3 Å². The number of amides is 2. The van der Waals surface area contributed by atoms with Gasteiger partial charge >= 0.3 is 6.18 Å². The van der Waals surface area contributed by atoms with Crippen LogP contribution in [0.25, 0.3) is 16.9 Å². The van der Waals surface area contributed by atoms with Crippen molar-refractivity contribution in [2.24, 2.45) is 5.73 Å². The van der Waals surface area contributed by atoms with Gasteiger partial charge in [0.2, 0.25) is 5.91 Å². The molecule has 43 heavy (non-hydrogen) atoms. The number of nitrogens with two attached hydrogens (primary N) is 1. The summed E-state index contributed by atoms with van der Waals surface area (Å²) in [5, 5.41) is 6.19. The van der Waals surface area contributed by atoms with Gasteiger partial charge in [-0.2, -0.15) is 18.3 Å². The second kappa shape index (κ2) is 11.5. The van der Waals surface area contributed by atoms with E-state index in [1.54, 1.807) is 6.92 Å². The van der Waals surface area contributed by atoms with E-state index in [-0.39, 0.29) is 67.0 Å². The molecule has 5 rings (SSSR count). The molecule has 1 aromatic carbocycles. The van der Waals surface area contributed by atoms with E-state index >= 15 is 4.39 Å². The van der Waals surface area contributed by atoms with E-state index < -0.39 is 42.1 Å². The molecular formula is C26H25F6N9O2. The van der Waals surface area contributed by atoms with Gasteiger partial charge in [0.15, 0.2) is 17.2 Å². The molecule has 0 radical (unpaired) electrons. The normalized spacial score (nSPS) is 14.2. The summed E-state index contributed by atoms with van der Waals surface area (Å²) >= 11 is 0. The Labute approximate surface area is 239 Å². The van der Waals surface area contributed by atoms with E-state index in [9.17, 15) is 31.5 Å². The maximum Gasteiger partial charge on any atom is 0.435 e. The minimum Gasteiger partial charge on any atom is -0.338 e. The Hall–Kier alpha value is -4.67. The molecule has 1 fully saturated rings. The summed E-state index contributed by atoms with van der Waals surface area (Å²) in [5.41, 5.74) is 3.92. The van der Waals surface area contributed by atoms with Crippen molar-refractivity contribution in [3.63, 3.8) is 0 Å². The van der Waals surface area contributed by atoms with Crippen molar-refractivity contribution in [2.75, 3.05) is 38.0 Å². The minimum absolute atomic E-state index is 0.0563. The number of imidazole rings is 1. The van der Waals surface area contributed by atoms with Crippen LogP contribution in [-0.4, -0.2) is 84.9 Å². The van der Waals surface area contributed by atoms with Gasteiger partial charge in [-0.3, -0.25) is 18.7 Å². The van der Waals surface area contributed by atoms with Gasteiger partial charge in [0.1, 0.15) is 12.4 Å². The van der Waals surface area contributed by atoms with Crippen molar-refractivity contribution >= 4 is 29.0 Å². The van der Waals surface area contributed by atoms with Crippen molar-refractivity contribution in [2.45, 2.75) is 26.1 Å². The Morgan fingerprint density at radius 3 is 2.42 bits per heavy atom. The van der Waals surface area contributed by atoms with Crippen molar-refractivity contribution in [3.05, 3.63) is 59.6 Å². The topological polar surface area (TPSA) is 127 Å². The predicted octanol–water partition coefficient (Wildman–Crippen LogP) is 3.31. The largest absolute Gasteiger partial charge is 0.435 e. The molecule has 11 nitrogen and oxygen atoms in total. The highest BCUT2D eigenvalue weighted by Crippen LogP contribution is 2.37. The van der Waals surface area contributed by atoms with E-state index in [4.69, 9.17) is 5.73 Å². The molecular weight excluding hydrogens is 584 g/mol. The Morgan fingerprint density at radius 1 is 1.09 bits per heavy atom. The van der Waals surface area contributed by atoms with Gasteiger partial charge in [0.25, 0.3) is 12.3 Å². The van der Waals surface area contributed by atoms with E-state index in [1.165, 1.54) is 32.7 Å². The van der Waals surface area contributed by atoms with Gasteiger partial charge < -0.3 is 20.9 Å². The number of alkyl halides is 5. The molecule has 1 saturated heterocycles. The molecule has 0 spiro atoms. The van der Waals surface area contributed by atoms with E-state index in [2.05, 4.69) is 20.4 Å². The predicted molar refractivity (Wildman–Crippen MR) is 141 cm³/mol. The number of carbonyl (C=O) groups is 2. The number of carbonyl (C=O) groups excluding carboxylic acids is 2. The number of nitrogens with zero attached hydrogens (tertiary/aromatic N) is 7. The van der Waals surface area contributed by atoms with Gasteiger partial charge in [-0.15, -0.1) is 0 Å². The summed E-state index contributed by atoms with van der Waals surface area (Å²) < 4.78 is 83.9. The first-order chi connectivity index (χ1) is 20.4. The molecule has 228 valence electrons. The van der Waals surface area contributed by atoms with Crippen LogP contribution >= 0.6 is 0 Å². The van der Waals surface area contributed by atoms with Gasteiger partial charge in [0.05, 0.1) is 29.6 Å². The second-order valence-electron chi connectivity index (χ2n) is 9.77. The fourth-order valence-electron chi connectivity index (χ4n) is 4.93. The zero-order valence-corrected chi connectivity index (χ0v) is 22.6. The maximum absolute atomic E-state index is 15.3. The average molecular weight is 610 g/mol. The van der Waals surface area contributed by atoms with Gasteiger partial charge in [-0.25, -0.2) is 23.1 Å². The smallest absolute Gasteiger partial charge is 0.338 e. The molecule has 3 aromatic heterocycles. The average Bonchev–Trinajstić information content (AvgIpc) is 3.57. The highest BCUT2D eigenvalue weighted by Gasteiger charge is 2.38. The summed E-state index contributed by atoms with van der Waals surface area (Å²) in [6, 6.07) is 2.59. The first-order valence-corrected chi connectivity index (χ1v) is 13.0. The Morgan fingerprint density at radius 2 is 1.79 bits per heavy atom. The van der Waals surface area contributed by atoms with Gasteiger partial charge in [-0.05, 0) is 24.6 Å². The number of piperazine rings is 1. The molecule has 4 aromatic rings. The molecule has 1 aliphatic heterocycles. The van der Waals surface area contributed by atoms with E-state index in [0.29, 0.717) is 10.2 Å². The summed E-state index contributed by atoms with van der Waals surface area (Å²) in [7, 11) is 0. The quantitative estimate of drug-likeness (QED) is 0.308. The summed E-state index contributed by atoms with van der Waals surface area (Å²) in [6.07, 6.45) is -3.25. The lowest BCUT2D eigenvalue weighted by Gasteiger charge is -2.35. The number of hydrogen-bond acceptors (Lipinski definition) is 7. The number of anilines is 2. The third-order valence-corrected chi connectivity index (χ3v) is 6.92. The zero-order chi connectivity index (χ0) is 31.1. The fourth-order valence-corrected chi connectivity index (χ4v) is 4.93. The number of aryl methyl sites for hydroxylation is 1. The highest BCUT2D eigenvalue weighted by atomic mass is 19.4. The summed E-state index contributed by atoms with van der Waals surface area (Å²) in [6.45, 7) is 1.38. The number of nitrogens with one attached hydrogen (secondary N) is 1. The van der Waals surface area contributed by atoms with Crippen LogP contribution in [0.1, 0.15) is 21.6 Å². The summed E-state index contributed by atoms with van der Waals surface area (Å²) in [5.74, 6) is -1.53. The van der Waals surface area contributed by atoms with Crippen LogP contribution in [0.2, 0.25) is 0 Å². The Kier molecular flexibility index (Phi) is 8.00.